The Morgan fingerprint density at radius 1 is 0.889 bits per heavy atom. The molecular weight excluding hydrogens is 218 g/mol. The van der Waals surface area contributed by atoms with E-state index in [1.165, 1.54) is 16.7 Å². The van der Waals surface area contributed by atoms with E-state index in [9.17, 15) is 0 Å². The van der Waals surface area contributed by atoms with E-state index in [0.717, 1.165) is 6.54 Å². The molecule has 2 rings (SSSR count). The standard InChI is InChI=1S/C17H21N/c1-14-9-11-16(12-10-14)17(2,3)18-13-15-7-5-4-6-8-15/h4-12,18H,13H2,1-3H3. The van der Waals surface area contributed by atoms with Crippen LogP contribution in [0.25, 0.3) is 0 Å². The van der Waals surface area contributed by atoms with Crippen LogP contribution in [0.1, 0.15) is 30.5 Å². The Hall–Kier alpha value is -1.60. The van der Waals surface area contributed by atoms with E-state index in [0.29, 0.717) is 0 Å². The smallest absolute Gasteiger partial charge is 0.0380 e. The molecule has 0 fully saturated rings. The molecule has 1 heteroatoms. The number of aryl methyl sites for hydroxylation is 1. The summed E-state index contributed by atoms with van der Waals surface area (Å²) >= 11 is 0. The molecule has 0 bridgehead atoms. The summed E-state index contributed by atoms with van der Waals surface area (Å²) in [6.07, 6.45) is 0. The second-order valence-electron chi connectivity index (χ2n) is 5.33. The summed E-state index contributed by atoms with van der Waals surface area (Å²) in [5.41, 5.74) is 3.93. The number of benzene rings is 2. The first-order valence-corrected chi connectivity index (χ1v) is 6.44. The molecule has 0 radical (unpaired) electrons. The van der Waals surface area contributed by atoms with Gasteiger partial charge in [0.2, 0.25) is 0 Å². The number of hydrogen-bond acceptors (Lipinski definition) is 1. The highest BCUT2D eigenvalue weighted by Gasteiger charge is 2.18. The topological polar surface area (TPSA) is 12.0 Å². The Morgan fingerprint density at radius 3 is 2.11 bits per heavy atom. The van der Waals surface area contributed by atoms with Crippen LogP contribution in [-0.2, 0) is 12.1 Å². The van der Waals surface area contributed by atoms with Gasteiger partial charge in [0.25, 0.3) is 0 Å². The predicted molar refractivity (Wildman–Crippen MR) is 77.5 cm³/mol. The van der Waals surface area contributed by atoms with Crippen LogP contribution in [-0.4, -0.2) is 0 Å². The third-order valence-corrected chi connectivity index (χ3v) is 3.35. The lowest BCUT2D eigenvalue weighted by Crippen LogP contribution is -2.35. The molecule has 0 heterocycles. The van der Waals surface area contributed by atoms with Crippen molar-refractivity contribution in [1.82, 2.24) is 5.32 Å². The Bertz CT molecular complexity index is 483. The third kappa shape index (κ3) is 3.21. The number of hydrogen-bond donors (Lipinski definition) is 1. The van der Waals surface area contributed by atoms with Crippen LogP contribution in [0.3, 0.4) is 0 Å². The normalized spacial score (nSPS) is 11.5. The van der Waals surface area contributed by atoms with Crippen molar-refractivity contribution in [2.75, 3.05) is 0 Å². The first-order chi connectivity index (χ1) is 8.58. The maximum absolute atomic E-state index is 3.61. The molecular formula is C17H21N. The maximum Gasteiger partial charge on any atom is 0.0380 e. The van der Waals surface area contributed by atoms with Gasteiger partial charge in [-0.2, -0.15) is 0 Å². The monoisotopic (exact) mass is 239 g/mol. The summed E-state index contributed by atoms with van der Waals surface area (Å²) in [4.78, 5) is 0. The molecule has 18 heavy (non-hydrogen) atoms. The predicted octanol–water partition coefficient (Wildman–Crippen LogP) is 4.02. The largest absolute Gasteiger partial charge is 0.304 e. The molecule has 0 spiro atoms. The molecule has 0 aliphatic carbocycles. The summed E-state index contributed by atoms with van der Waals surface area (Å²) in [6, 6.07) is 19.3. The van der Waals surface area contributed by atoms with Gasteiger partial charge in [0, 0.05) is 12.1 Å². The van der Waals surface area contributed by atoms with Gasteiger partial charge in [0.05, 0.1) is 0 Å². The second-order valence-corrected chi connectivity index (χ2v) is 5.33. The molecule has 0 amide bonds. The highest BCUT2D eigenvalue weighted by atomic mass is 14.9. The van der Waals surface area contributed by atoms with E-state index in [1.54, 1.807) is 0 Å². The van der Waals surface area contributed by atoms with Crippen molar-refractivity contribution in [2.45, 2.75) is 32.9 Å². The lowest BCUT2D eigenvalue weighted by atomic mass is 9.93. The average Bonchev–Trinajstić information content (AvgIpc) is 2.38. The highest BCUT2D eigenvalue weighted by molar-refractivity contribution is 5.27. The van der Waals surface area contributed by atoms with E-state index in [2.05, 4.69) is 80.7 Å². The van der Waals surface area contributed by atoms with Crippen molar-refractivity contribution in [3.8, 4) is 0 Å². The van der Waals surface area contributed by atoms with Gasteiger partial charge in [-0.1, -0.05) is 60.2 Å². The van der Waals surface area contributed by atoms with Crippen molar-refractivity contribution in [3.63, 3.8) is 0 Å². The van der Waals surface area contributed by atoms with Gasteiger partial charge in [0.15, 0.2) is 0 Å². The van der Waals surface area contributed by atoms with Crippen molar-refractivity contribution in [1.29, 1.82) is 0 Å². The fourth-order valence-electron chi connectivity index (χ4n) is 1.99. The van der Waals surface area contributed by atoms with Crippen molar-refractivity contribution >= 4 is 0 Å². The van der Waals surface area contributed by atoms with Crippen LogP contribution < -0.4 is 5.32 Å². The first kappa shape index (κ1) is 12.8. The highest BCUT2D eigenvalue weighted by Crippen LogP contribution is 2.20. The Morgan fingerprint density at radius 2 is 1.50 bits per heavy atom. The van der Waals surface area contributed by atoms with Gasteiger partial charge in [-0.15, -0.1) is 0 Å². The summed E-state index contributed by atoms with van der Waals surface area (Å²) in [6.45, 7) is 7.46. The summed E-state index contributed by atoms with van der Waals surface area (Å²) < 4.78 is 0. The fraction of sp³-hybridized carbons (Fsp3) is 0.294. The van der Waals surface area contributed by atoms with Crippen LogP contribution >= 0.6 is 0 Å². The molecule has 2 aromatic rings. The molecule has 1 N–H and O–H groups in total. The molecule has 0 atom stereocenters. The Balaban J connectivity index is 2.05. The van der Waals surface area contributed by atoms with E-state index in [4.69, 9.17) is 0 Å². The number of rotatable bonds is 4. The minimum absolute atomic E-state index is 0.0104. The molecule has 0 aliphatic rings. The van der Waals surface area contributed by atoms with Crippen LogP contribution in [0.4, 0.5) is 0 Å². The molecule has 0 aromatic heterocycles. The molecule has 0 unspecified atom stereocenters. The van der Waals surface area contributed by atoms with Crippen LogP contribution in [0.2, 0.25) is 0 Å². The molecule has 0 saturated carbocycles. The van der Waals surface area contributed by atoms with E-state index < -0.39 is 0 Å². The van der Waals surface area contributed by atoms with Gasteiger partial charge in [0.1, 0.15) is 0 Å². The molecule has 1 nitrogen and oxygen atoms in total. The van der Waals surface area contributed by atoms with E-state index in [-0.39, 0.29) is 5.54 Å². The van der Waals surface area contributed by atoms with Crippen LogP contribution in [0.5, 0.6) is 0 Å². The van der Waals surface area contributed by atoms with Crippen molar-refractivity contribution in [2.24, 2.45) is 0 Å². The zero-order valence-electron chi connectivity index (χ0n) is 11.4. The first-order valence-electron chi connectivity index (χ1n) is 6.44. The molecule has 94 valence electrons. The van der Waals surface area contributed by atoms with E-state index >= 15 is 0 Å². The molecule has 0 saturated heterocycles. The number of nitrogens with one attached hydrogen (secondary N) is 1. The van der Waals surface area contributed by atoms with Crippen molar-refractivity contribution < 1.29 is 0 Å². The average molecular weight is 239 g/mol. The maximum atomic E-state index is 3.61. The second kappa shape index (κ2) is 5.36. The molecule has 0 aliphatic heterocycles. The lowest BCUT2D eigenvalue weighted by Gasteiger charge is -2.27. The SMILES string of the molecule is Cc1ccc(C(C)(C)NCc2ccccc2)cc1. The van der Waals surface area contributed by atoms with Crippen molar-refractivity contribution in [3.05, 3.63) is 71.3 Å². The quantitative estimate of drug-likeness (QED) is 0.849. The van der Waals surface area contributed by atoms with E-state index in [1.807, 2.05) is 0 Å². The Labute approximate surface area is 110 Å². The zero-order valence-corrected chi connectivity index (χ0v) is 11.4. The minimum atomic E-state index is -0.0104. The zero-order chi connectivity index (χ0) is 13.0. The summed E-state index contributed by atoms with van der Waals surface area (Å²) in [5, 5.41) is 3.61. The van der Waals surface area contributed by atoms with Crippen LogP contribution in [0, 0.1) is 6.92 Å². The van der Waals surface area contributed by atoms with Gasteiger partial charge in [-0.3, -0.25) is 0 Å². The lowest BCUT2D eigenvalue weighted by molar-refractivity contribution is 0.401. The Kier molecular flexibility index (Phi) is 3.83. The fourth-order valence-corrected chi connectivity index (χ4v) is 1.99. The van der Waals surface area contributed by atoms with Gasteiger partial charge in [-0.05, 0) is 31.9 Å². The summed E-state index contributed by atoms with van der Waals surface area (Å²) in [5.74, 6) is 0. The summed E-state index contributed by atoms with van der Waals surface area (Å²) in [7, 11) is 0. The van der Waals surface area contributed by atoms with Gasteiger partial charge < -0.3 is 5.32 Å². The minimum Gasteiger partial charge on any atom is -0.304 e. The van der Waals surface area contributed by atoms with Crippen LogP contribution in [0.15, 0.2) is 54.6 Å². The molecule has 2 aromatic carbocycles. The third-order valence-electron chi connectivity index (χ3n) is 3.35. The van der Waals surface area contributed by atoms with Gasteiger partial charge in [-0.25, -0.2) is 0 Å². The van der Waals surface area contributed by atoms with Gasteiger partial charge >= 0.3 is 0 Å².